The first-order chi connectivity index (χ1) is 14.6. The van der Waals surface area contributed by atoms with Crippen LogP contribution in [0.4, 0.5) is 5.69 Å². The molecule has 2 N–H and O–H groups in total. The van der Waals surface area contributed by atoms with Crippen molar-refractivity contribution < 1.29 is 19.4 Å². The summed E-state index contributed by atoms with van der Waals surface area (Å²) < 4.78 is 11.2. The highest BCUT2D eigenvalue weighted by Crippen LogP contribution is 2.39. The zero-order chi connectivity index (χ0) is 21.1. The lowest BCUT2D eigenvalue weighted by Gasteiger charge is -2.27. The molecule has 1 aliphatic heterocycles. The average Bonchev–Trinajstić information content (AvgIpc) is 2.77. The molecule has 1 unspecified atom stereocenters. The monoisotopic (exact) mass is 424 g/mol. The number of nitrogens with zero attached hydrogens (tertiary/aromatic N) is 1. The number of nitrogens with one attached hydrogen (secondary N) is 1. The van der Waals surface area contributed by atoms with E-state index in [4.69, 9.17) is 21.1 Å². The molecule has 2 heterocycles. The van der Waals surface area contributed by atoms with Gasteiger partial charge in [-0.2, -0.15) is 0 Å². The molecule has 30 heavy (non-hydrogen) atoms. The van der Waals surface area contributed by atoms with Crippen molar-refractivity contribution in [2.75, 3.05) is 25.6 Å². The number of fused-ring (bicyclic) bond motifs is 1. The normalized spacial score (nSPS) is 15.1. The predicted octanol–water partition coefficient (Wildman–Crippen LogP) is 5.09. The largest absolute Gasteiger partial charge is 0.497 e. The van der Waals surface area contributed by atoms with Gasteiger partial charge in [-0.1, -0.05) is 23.7 Å². The molecule has 6 nitrogen and oxygen atoms in total. The molecule has 1 atom stereocenters. The fourth-order valence-electron chi connectivity index (χ4n) is 3.65. The van der Waals surface area contributed by atoms with Gasteiger partial charge in [0.15, 0.2) is 0 Å². The number of rotatable bonds is 6. The maximum absolute atomic E-state index is 11.4. The number of carboxylic acids is 1. The van der Waals surface area contributed by atoms with Crippen LogP contribution in [0.25, 0.3) is 11.1 Å². The second kappa shape index (κ2) is 8.63. The SMILES string of the molecule is COc1ccc(Cl)c(-c2ccc3c(c2)OCCC3CNc2cnccc2C(=O)O)c1. The van der Waals surface area contributed by atoms with E-state index in [1.165, 1.54) is 18.5 Å². The second-order valence-electron chi connectivity index (χ2n) is 7.04. The molecule has 0 saturated carbocycles. The van der Waals surface area contributed by atoms with Gasteiger partial charge >= 0.3 is 5.97 Å². The van der Waals surface area contributed by atoms with Crippen LogP contribution in [-0.4, -0.2) is 36.3 Å². The molecule has 0 radical (unpaired) electrons. The lowest BCUT2D eigenvalue weighted by Crippen LogP contribution is -2.21. The third-order valence-electron chi connectivity index (χ3n) is 5.25. The number of ether oxygens (including phenoxy) is 2. The molecule has 0 fully saturated rings. The van der Waals surface area contributed by atoms with Crippen LogP contribution < -0.4 is 14.8 Å². The van der Waals surface area contributed by atoms with Gasteiger partial charge < -0.3 is 19.9 Å². The second-order valence-corrected chi connectivity index (χ2v) is 7.45. The summed E-state index contributed by atoms with van der Waals surface area (Å²) in [6.45, 7) is 1.18. The van der Waals surface area contributed by atoms with Gasteiger partial charge in [0.25, 0.3) is 0 Å². The average molecular weight is 425 g/mol. The summed E-state index contributed by atoms with van der Waals surface area (Å²) >= 11 is 6.40. The Hall–Kier alpha value is -3.25. The van der Waals surface area contributed by atoms with Gasteiger partial charge in [-0.05, 0) is 47.9 Å². The smallest absolute Gasteiger partial charge is 0.337 e. The number of methoxy groups -OCH3 is 1. The van der Waals surface area contributed by atoms with Crippen LogP contribution in [0.5, 0.6) is 11.5 Å². The Balaban J connectivity index is 1.58. The summed E-state index contributed by atoms with van der Waals surface area (Å²) in [7, 11) is 1.62. The van der Waals surface area contributed by atoms with E-state index >= 15 is 0 Å². The Morgan fingerprint density at radius 3 is 2.97 bits per heavy atom. The number of carboxylic acid groups (broad SMARTS) is 1. The number of pyridine rings is 1. The Labute approximate surface area is 179 Å². The topological polar surface area (TPSA) is 80.7 Å². The van der Waals surface area contributed by atoms with Gasteiger partial charge in [0.1, 0.15) is 11.5 Å². The summed E-state index contributed by atoms with van der Waals surface area (Å²) in [6, 6.07) is 13.1. The molecule has 1 aromatic heterocycles. The standard InChI is InChI=1S/C23H21ClN2O4/c1-29-16-3-5-20(24)19(11-16)14-2-4-17-15(7-9-30-22(17)10-14)12-26-21-13-25-8-6-18(21)23(27)28/h2-6,8,10-11,13,15,26H,7,9,12H2,1H3,(H,27,28). The van der Waals surface area contributed by atoms with E-state index in [0.717, 1.165) is 34.6 Å². The third-order valence-corrected chi connectivity index (χ3v) is 5.58. The molecule has 7 heteroatoms. The molecule has 0 spiro atoms. The summed E-state index contributed by atoms with van der Waals surface area (Å²) in [5, 5.41) is 13.2. The van der Waals surface area contributed by atoms with Crippen molar-refractivity contribution >= 4 is 23.3 Å². The van der Waals surface area contributed by atoms with E-state index in [2.05, 4.69) is 10.3 Å². The van der Waals surface area contributed by atoms with Crippen LogP contribution >= 0.6 is 11.6 Å². The minimum absolute atomic E-state index is 0.186. The van der Waals surface area contributed by atoms with Crippen molar-refractivity contribution in [3.05, 3.63) is 71.0 Å². The third kappa shape index (κ3) is 4.04. The number of benzene rings is 2. The maximum Gasteiger partial charge on any atom is 0.337 e. The first-order valence-electron chi connectivity index (χ1n) is 9.58. The van der Waals surface area contributed by atoms with E-state index in [0.29, 0.717) is 23.9 Å². The number of aromatic carboxylic acids is 1. The predicted molar refractivity (Wildman–Crippen MR) is 116 cm³/mol. The van der Waals surface area contributed by atoms with Gasteiger partial charge in [0, 0.05) is 29.2 Å². The quantitative estimate of drug-likeness (QED) is 0.573. The van der Waals surface area contributed by atoms with Crippen molar-refractivity contribution in [1.29, 1.82) is 0 Å². The first-order valence-corrected chi connectivity index (χ1v) is 9.96. The van der Waals surface area contributed by atoms with Gasteiger partial charge in [-0.3, -0.25) is 4.98 Å². The van der Waals surface area contributed by atoms with Crippen LogP contribution in [0.15, 0.2) is 54.9 Å². The lowest BCUT2D eigenvalue weighted by molar-refractivity contribution is 0.0697. The number of carbonyl (C=O) groups is 1. The zero-order valence-electron chi connectivity index (χ0n) is 16.4. The first kappa shape index (κ1) is 20.0. The number of halogens is 1. The van der Waals surface area contributed by atoms with Gasteiger partial charge in [0.05, 0.1) is 31.2 Å². The molecule has 154 valence electrons. The molecule has 1 aliphatic rings. The van der Waals surface area contributed by atoms with E-state index in [1.54, 1.807) is 7.11 Å². The summed E-state index contributed by atoms with van der Waals surface area (Å²) in [5.74, 6) is 0.757. The summed E-state index contributed by atoms with van der Waals surface area (Å²) in [4.78, 5) is 15.4. The van der Waals surface area contributed by atoms with Gasteiger partial charge in [0.2, 0.25) is 0 Å². The molecule has 0 bridgehead atoms. The van der Waals surface area contributed by atoms with E-state index in [-0.39, 0.29) is 11.5 Å². The molecule has 0 aliphatic carbocycles. The van der Waals surface area contributed by atoms with Gasteiger partial charge in [-0.25, -0.2) is 4.79 Å². The van der Waals surface area contributed by atoms with Crippen molar-refractivity contribution in [2.45, 2.75) is 12.3 Å². The van der Waals surface area contributed by atoms with E-state index < -0.39 is 5.97 Å². The highest BCUT2D eigenvalue weighted by molar-refractivity contribution is 6.33. The Morgan fingerprint density at radius 1 is 1.30 bits per heavy atom. The molecular weight excluding hydrogens is 404 g/mol. The molecule has 3 aromatic rings. The van der Waals surface area contributed by atoms with Crippen LogP contribution in [0.2, 0.25) is 5.02 Å². The molecule has 4 rings (SSSR count). The fourth-order valence-corrected chi connectivity index (χ4v) is 3.88. The van der Waals surface area contributed by atoms with Crippen LogP contribution in [0, 0.1) is 0 Å². The number of hydrogen-bond acceptors (Lipinski definition) is 5. The van der Waals surface area contributed by atoms with Crippen LogP contribution in [0.1, 0.15) is 28.3 Å². The summed E-state index contributed by atoms with van der Waals surface area (Å²) in [6.07, 6.45) is 3.85. The van der Waals surface area contributed by atoms with Crippen molar-refractivity contribution in [2.24, 2.45) is 0 Å². The summed E-state index contributed by atoms with van der Waals surface area (Å²) in [5.41, 5.74) is 3.63. The number of hydrogen-bond donors (Lipinski definition) is 2. The number of aromatic nitrogens is 1. The highest BCUT2D eigenvalue weighted by atomic mass is 35.5. The maximum atomic E-state index is 11.4. The minimum atomic E-state index is -0.980. The molecule has 2 aromatic carbocycles. The minimum Gasteiger partial charge on any atom is -0.497 e. The Kier molecular flexibility index (Phi) is 5.77. The van der Waals surface area contributed by atoms with E-state index in [1.807, 2.05) is 36.4 Å². The fraction of sp³-hybridized carbons (Fsp3) is 0.217. The van der Waals surface area contributed by atoms with Crippen LogP contribution in [-0.2, 0) is 0 Å². The van der Waals surface area contributed by atoms with Crippen LogP contribution in [0.3, 0.4) is 0 Å². The van der Waals surface area contributed by atoms with Crippen molar-refractivity contribution in [3.8, 4) is 22.6 Å². The number of anilines is 1. The zero-order valence-corrected chi connectivity index (χ0v) is 17.1. The molecule has 0 amide bonds. The highest BCUT2D eigenvalue weighted by Gasteiger charge is 2.23. The van der Waals surface area contributed by atoms with Gasteiger partial charge in [-0.15, -0.1) is 0 Å². The lowest BCUT2D eigenvalue weighted by atomic mass is 9.91. The molecular formula is C23H21ClN2O4. The van der Waals surface area contributed by atoms with E-state index in [9.17, 15) is 9.90 Å². The molecule has 0 saturated heterocycles. The Bertz CT molecular complexity index is 1090. The van der Waals surface area contributed by atoms with Crippen molar-refractivity contribution in [1.82, 2.24) is 4.98 Å². The van der Waals surface area contributed by atoms with Crippen molar-refractivity contribution in [3.63, 3.8) is 0 Å². The Morgan fingerprint density at radius 2 is 2.17 bits per heavy atom.